The fourth-order valence-corrected chi connectivity index (χ4v) is 0.706. The van der Waals surface area contributed by atoms with Gasteiger partial charge in [0.25, 0.3) is 5.56 Å². The molecule has 0 aliphatic rings. The van der Waals surface area contributed by atoms with E-state index in [1.54, 1.807) is 7.05 Å². The Balaban J connectivity index is 2.98. The zero-order valence-corrected chi connectivity index (χ0v) is 6.44. The first kappa shape index (κ1) is 8.25. The average Bonchev–Trinajstić information content (AvgIpc) is 2.30. The molecule has 64 valence electrons. The van der Waals surface area contributed by atoms with Crippen LogP contribution in [0.25, 0.3) is 0 Å². The zero-order chi connectivity index (χ0) is 9.14. The van der Waals surface area contributed by atoms with E-state index in [0.29, 0.717) is 5.56 Å². The number of nitrogens with one attached hydrogen (secondary N) is 1. The number of aryl methyl sites for hydroxylation is 1. The van der Waals surface area contributed by atoms with Crippen LogP contribution in [0.15, 0.2) is 16.0 Å². The first-order valence-electron chi connectivity index (χ1n) is 3.19. The average molecular weight is 168 g/mol. The molecule has 1 heterocycles. The smallest absolute Gasteiger partial charge is 0.338 e. The minimum atomic E-state index is -0.821. The number of amides is 2. The van der Waals surface area contributed by atoms with Gasteiger partial charge in [-0.05, 0) is 0 Å². The van der Waals surface area contributed by atoms with Crippen LogP contribution in [0.2, 0.25) is 0 Å². The fraction of sp³-hybridized carbons (Fsp3) is 0.167. The van der Waals surface area contributed by atoms with Crippen molar-refractivity contribution in [2.24, 2.45) is 17.8 Å². The van der Waals surface area contributed by atoms with Gasteiger partial charge in [0.05, 0.1) is 5.56 Å². The van der Waals surface area contributed by atoms with Gasteiger partial charge in [-0.1, -0.05) is 0 Å². The quantitative estimate of drug-likeness (QED) is 0.538. The Kier molecular flexibility index (Phi) is 2.09. The van der Waals surface area contributed by atoms with Crippen LogP contribution in [0.4, 0.5) is 4.79 Å². The molecule has 6 nitrogen and oxygen atoms in total. The molecule has 0 bridgehead atoms. The van der Waals surface area contributed by atoms with Gasteiger partial charge in [-0.15, -0.1) is 0 Å². The Bertz CT molecular complexity index is 373. The summed E-state index contributed by atoms with van der Waals surface area (Å²) in [6.45, 7) is 0. The van der Waals surface area contributed by atoms with Crippen LogP contribution in [0.1, 0.15) is 5.56 Å². The maximum atomic E-state index is 11.1. The van der Waals surface area contributed by atoms with E-state index >= 15 is 0 Å². The first-order chi connectivity index (χ1) is 5.61. The normalized spacial score (nSPS) is 10.8. The number of carbonyl (C=O) groups excluding carboxylic acids is 1. The van der Waals surface area contributed by atoms with Gasteiger partial charge in [0.2, 0.25) is 0 Å². The molecule has 0 saturated carbocycles. The van der Waals surface area contributed by atoms with Crippen molar-refractivity contribution < 1.29 is 4.79 Å². The maximum absolute atomic E-state index is 11.1. The number of H-pyrrole nitrogens is 1. The number of aliphatic imine (C=N–C) groups is 1. The molecule has 0 aromatic carbocycles. The van der Waals surface area contributed by atoms with Gasteiger partial charge in [0.15, 0.2) is 0 Å². The molecule has 1 rings (SSSR count). The van der Waals surface area contributed by atoms with E-state index < -0.39 is 6.03 Å². The van der Waals surface area contributed by atoms with Crippen LogP contribution in [0.5, 0.6) is 0 Å². The summed E-state index contributed by atoms with van der Waals surface area (Å²) >= 11 is 0. The summed E-state index contributed by atoms with van der Waals surface area (Å²) in [5.74, 6) is 0. The predicted molar refractivity (Wildman–Crippen MR) is 43.2 cm³/mol. The number of rotatable bonds is 1. The lowest BCUT2D eigenvalue weighted by atomic mass is 10.4. The molecule has 2 amide bonds. The molecule has 0 aliphatic heterocycles. The number of nitrogens with two attached hydrogens (primary N) is 1. The molecule has 3 N–H and O–H groups in total. The van der Waals surface area contributed by atoms with E-state index in [1.807, 2.05) is 0 Å². The van der Waals surface area contributed by atoms with Crippen molar-refractivity contribution >= 4 is 12.2 Å². The summed E-state index contributed by atoms with van der Waals surface area (Å²) in [6, 6.07) is -0.821. The Morgan fingerprint density at radius 2 is 2.50 bits per heavy atom. The van der Waals surface area contributed by atoms with E-state index in [9.17, 15) is 9.59 Å². The summed E-state index contributed by atoms with van der Waals surface area (Å²) in [7, 11) is 1.56. The standard InChI is InChI=1S/C6H8N4O2/c1-10-5(11)4(3-9-10)2-8-6(7)12/h2-3,9H,1H3,(H2,7,12)/b8-2+. The van der Waals surface area contributed by atoms with Crippen LogP contribution in [-0.4, -0.2) is 22.0 Å². The lowest BCUT2D eigenvalue weighted by Gasteiger charge is -1.82. The zero-order valence-electron chi connectivity index (χ0n) is 6.44. The number of aromatic amines is 1. The van der Waals surface area contributed by atoms with Gasteiger partial charge in [-0.25, -0.2) is 9.79 Å². The third-order valence-electron chi connectivity index (χ3n) is 1.30. The molecule has 6 heteroatoms. The molecule has 0 spiro atoms. The Labute approximate surface area is 67.7 Å². The van der Waals surface area contributed by atoms with Crippen LogP contribution in [-0.2, 0) is 7.05 Å². The number of urea groups is 1. The van der Waals surface area contributed by atoms with Gasteiger partial charge < -0.3 is 10.8 Å². The summed E-state index contributed by atoms with van der Waals surface area (Å²) in [5, 5.41) is 2.62. The highest BCUT2D eigenvalue weighted by molar-refractivity contribution is 5.89. The van der Waals surface area contributed by atoms with E-state index in [1.165, 1.54) is 10.9 Å². The van der Waals surface area contributed by atoms with Crippen molar-refractivity contribution in [1.82, 2.24) is 9.78 Å². The second-order valence-corrected chi connectivity index (χ2v) is 2.19. The van der Waals surface area contributed by atoms with Gasteiger partial charge >= 0.3 is 6.03 Å². The highest BCUT2D eigenvalue weighted by Crippen LogP contribution is 1.82. The fourth-order valence-electron chi connectivity index (χ4n) is 0.706. The summed E-state index contributed by atoms with van der Waals surface area (Å²) in [4.78, 5) is 24.5. The minimum Gasteiger partial charge on any atom is -0.350 e. The van der Waals surface area contributed by atoms with Crippen molar-refractivity contribution in [3.8, 4) is 0 Å². The number of hydrogen-bond donors (Lipinski definition) is 2. The predicted octanol–water partition coefficient (Wildman–Crippen LogP) is -0.789. The lowest BCUT2D eigenvalue weighted by Crippen LogP contribution is -2.15. The van der Waals surface area contributed by atoms with Crippen LogP contribution in [0, 0.1) is 0 Å². The van der Waals surface area contributed by atoms with E-state index in [-0.39, 0.29) is 5.56 Å². The molecule has 12 heavy (non-hydrogen) atoms. The number of hydrogen-bond acceptors (Lipinski definition) is 2. The van der Waals surface area contributed by atoms with Crippen molar-refractivity contribution in [3.63, 3.8) is 0 Å². The molecule has 0 unspecified atom stereocenters. The Morgan fingerprint density at radius 3 is 2.92 bits per heavy atom. The third-order valence-corrected chi connectivity index (χ3v) is 1.30. The molecule has 1 aromatic heterocycles. The monoisotopic (exact) mass is 168 g/mol. The number of nitrogens with zero attached hydrogens (tertiary/aromatic N) is 2. The van der Waals surface area contributed by atoms with Crippen molar-refractivity contribution in [3.05, 3.63) is 22.1 Å². The summed E-state index contributed by atoms with van der Waals surface area (Å²) in [5.41, 5.74) is 4.79. The van der Waals surface area contributed by atoms with Gasteiger partial charge in [-0.3, -0.25) is 9.48 Å². The van der Waals surface area contributed by atoms with Crippen molar-refractivity contribution in [1.29, 1.82) is 0 Å². The topological polar surface area (TPSA) is 93.2 Å². The number of carbonyl (C=O) groups is 1. The van der Waals surface area contributed by atoms with Crippen LogP contribution >= 0.6 is 0 Å². The van der Waals surface area contributed by atoms with Crippen LogP contribution < -0.4 is 11.3 Å². The van der Waals surface area contributed by atoms with E-state index in [0.717, 1.165) is 6.21 Å². The molecule has 0 aliphatic carbocycles. The molecule has 0 saturated heterocycles. The number of aromatic nitrogens is 2. The van der Waals surface area contributed by atoms with Gasteiger partial charge in [0, 0.05) is 19.5 Å². The van der Waals surface area contributed by atoms with Gasteiger partial charge in [-0.2, -0.15) is 0 Å². The highest BCUT2D eigenvalue weighted by atomic mass is 16.2. The third kappa shape index (κ3) is 1.60. The molecule has 1 aromatic rings. The Morgan fingerprint density at radius 1 is 1.83 bits per heavy atom. The molecular weight excluding hydrogens is 160 g/mol. The summed E-state index contributed by atoms with van der Waals surface area (Å²) in [6.07, 6.45) is 2.57. The molecule has 0 fully saturated rings. The van der Waals surface area contributed by atoms with Crippen LogP contribution in [0.3, 0.4) is 0 Å². The first-order valence-corrected chi connectivity index (χ1v) is 3.19. The molecule has 0 atom stereocenters. The second-order valence-electron chi connectivity index (χ2n) is 2.19. The maximum Gasteiger partial charge on any atom is 0.338 e. The molecular formula is C6H8N4O2. The molecule has 0 radical (unpaired) electrons. The minimum absolute atomic E-state index is 0.250. The highest BCUT2D eigenvalue weighted by Gasteiger charge is 1.98. The largest absolute Gasteiger partial charge is 0.350 e. The Hall–Kier alpha value is -1.85. The van der Waals surface area contributed by atoms with Crippen molar-refractivity contribution in [2.45, 2.75) is 0 Å². The second kappa shape index (κ2) is 3.04. The van der Waals surface area contributed by atoms with E-state index in [4.69, 9.17) is 5.73 Å². The lowest BCUT2D eigenvalue weighted by molar-refractivity contribution is 0.257. The van der Waals surface area contributed by atoms with Gasteiger partial charge in [0.1, 0.15) is 0 Å². The number of primary amides is 1. The SMILES string of the molecule is Cn1[nH]cc(/C=N/C(N)=O)c1=O. The van der Waals surface area contributed by atoms with Crippen molar-refractivity contribution in [2.75, 3.05) is 0 Å². The van der Waals surface area contributed by atoms with E-state index in [2.05, 4.69) is 10.1 Å². The summed E-state index contributed by atoms with van der Waals surface area (Å²) < 4.78 is 1.27.